The van der Waals surface area contributed by atoms with Crippen molar-refractivity contribution in [3.63, 3.8) is 0 Å². The minimum absolute atomic E-state index is 0.0669. The molecule has 0 atom stereocenters. The molecule has 6 heteroatoms. The van der Waals surface area contributed by atoms with Crippen molar-refractivity contribution in [1.29, 1.82) is 0 Å². The highest BCUT2D eigenvalue weighted by molar-refractivity contribution is 6.58. The van der Waals surface area contributed by atoms with Gasteiger partial charge in [0, 0.05) is 17.7 Å². The summed E-state index contributed by atoms with van der Waals surface area (Å²) >= 11 is 0. The lowest BCUT2D eigenvalue weighted by molar-refractivity contribution is 0.0950. The van der Waals surface area contributed by atoms with Gasteiger partial charge in [-0.15, -0.1) is 0 Å². The molecule has 3 N–H and O–H groups in total. The highest BCUT2D eigenvalue weighted by atomic mass is 19.1. The number of hydrogen-bond acceptors (Lipinski definition) is 3. The van der Waals surface area contributed by atoms with Gasteiger partial charge in [-0.25, -0.2) is 4.39 Å². The highest BCUT2D eigenvalue weighted by Gasteiger charge is 2.13. The minimum atomic E-state index is -1.63. The molecule has 20 heavy (non-hydrogen) atoms. The summed E-state index contributed by atoms with van der Waals surface area (Å²) in [7, 11) is -1.63. The topological polar surface area (TPSA) is 69.6 Å². The van der Waals surface area contributed by atoms with Gasteiger partial charge in [0.2, 0.25) is 0 Å². The molecule has 102 valence electrons. The van der Waals surface area contributed by atoms with Crippen molar-refractivity contribution in [3.05, 3.63) is 65.5 Å². The number of benzene rings is 2. The number of carbonyl (C=O) groups excluding carboxylic acids is 1. The molecular weight excluding hydrogens is 260 g/mol. The third-order valence-electron chi connectivity index (χ3n) is 2.84. The Morgan fingerprint density at radius 1 is 1.15 bits per heavy atom. The molecule has 0 aliphatic carbocycles. The Morgan fingerprint density at radius 2 is 1.90 bits per heavy atom. The van der Waals surface area contributed by atoms with Crippen molar-refractivity contribution < 1.29 is 19.2 Å². The van der Waals surface area contributed by atoms with E-state index in [-0.39, 0.29) is 23.4 Å². The van der Waals surface area contributed by atoms with Gasteiger partial charge in [-0.1, -0.05) is 30.3 Å². The van der Waals surface area contributed by atoms with Gasteiger partial charge in [-0.2, -0.15) is 0 Å². The molecule has 0 bridgehead atoms. The van der Waals surface area contributed by atoms with Crippen LogP contribution in [0.4, 0.5) is 4.39 Å². The van der Waals surface area contributed by atoms with E-state index in [9.17, 15) is 9.18 Å². The number of hydrogen-bond donors (Lipinski definition) is 3. The van der Waals surface area contributed by atoms with E-state index in [0.29, 0.717) is 5.56 Å². The van der Waals surface area contributed by atoms with Crippen molar-refractivity contribution in [3.8, 4) is 0 Å². The Kier molecular flexibility index (Phi) is 4.50. The van der Waals surface area contributed by atoms with Crippen LogP contribution in [0.3, 0.4) is 0 Å². The molecule has 0 saturated heterocycles. The molecule has 0 aliphatic rings. The van der Waals surface area contributed by atoms with Crippen LogP contribution in [0.1, 0.15) is 15.9 Å². The molecule has 2 aromatic rings. The summed E-state index contributed by atoms with van der Waals surface area (Å²) in [5, 5.41) is 20.7. The van der Waals surface area contributed by atoms with Crippen LogP contribution in [0, 0.1) is 5.82 Å². The first kappa shape index (κ1) is 14.2. The Bertz CT molecular complexity index is 619. The largest absolute Gasteiger partial charge is 0.488 e. The lowest BCUT2D eigenvalue weighted by Crippen LogP contribution is -2.31. The van der Waals surface area contributed by atoms with Crippen molar-refractivity contribution in [2.45, 2.75) is 6.54 Å². The lowest BCUT2D eigenvalue weighted by Gasteiger charge is -2.07. The van der Waals surface area contributed by atoms with Gasteiger partial charge in [-0.05, 0) is 23.7 Å². The molecular formula is C14H13BFNO3. The van der Waals surface area contributed by atoms with Crippen molar-refractivity contribution in [2.75, 3.05) is 0 Å². The summed E-state index contributed by atoms with van der Waals surface area (Å²) in [6, 6.07) is 12.1. The normalized spacial score (nSPS) is 10.2. The predicted molar refractivity (Wildman–Crippen MR) is 73.8 cm³/mol. The molecule has 0 spiro atoms. The summed E-state index contributed by atoms with van der Waals surface area (Å²) in [5.74, 6) is -0.789. The maximum absolute atomic E-state index is 13.4. The fraction of sp³-hybridized carbons (Fsp3) is 0.0714. The van der Waals surface area contributed by atoms with Gasteiger partial charge in [0.05, 0.1) is 0 Å². The van der Waals surface area contributed by atoms with Gasteiger partial charge in [0.15, 0.2) is 0 Å². The smallest absolute Gasteiger partial charge is 0.423 e. The number of nitrogens with one attached hydrogen (secondary N) is 1. The van der Waals surface area contributed by atoms with Crippen LogP contribution >= 0.6 is 0 Å². The predicted octanol–water partition coefficient (Wildman–Crippen LogP) is 0.436. The molecule has 2 rings (SSSR count). The van der Waals surface area contributed by atoms with Gasteiger partial charge >= 0.3 is 7.12 Å². The second-order valence-electron chi connectivity index (χ2n) is 4.27. The molecule has 0 radical (unpaired) electrons. The average Bonchev–Trinajstić information content (AvgIpc) is 2.46. The number of halogens is 1. The van der Waals surface area contributed by atoms with E-state index in [1.165, 1.54) is 18.2 Å². The van der Waals surface area contributed by atoms with Crippen molar-refractivity contribution >= 4 is 18.5 Å². The fourth-order valence-corrected chi connectivity index (χ4v) is 1.76. The van der Waals surface area contributed by atoms with E-state index in [4.69, 9.17) is 10.0 Å². The number of amides is 1. The summed E-state index contributed by atoms with van der Waals surface area (Å²) in [4.78, 5) is 11.9. The minimum Gasteiger partial charge on any atom is -0.423 e. The highest BCUT2D eigenvalue weighted by Crippen LogP contribution is 2.06. The van der Waals surface area contributed by atoms with Crippen LogP contribution < -0.4 is 10.8 Å². The van der Waals surface area contributed by atoms with E-state index in [0.717, 1.165) is 0 Å². The SMILES string of the molecule is O=C(NCc1ccccc1F)c1cccc(B(O)O)c1. The molecule has 0 aromatic heterocycles. The van der Waals surface area contributed by atoms with E-state index in [1.54, 1.807) is 30.3 Å². The van der Waals surface area contributed by atoms with Crippen LogP contribution in [0.25, 0.3) is 0 Å². The van der Waals surface area contributed by atoms with E-state index in [1.807, 2.05) is 0 Å². The summed E-state index contributed by atoms with van der Waals surface area (Å²) in [6.07, 6.45) is 0. The van der Waals surface area contributed by atoms with E-state index in [2.05, 4.69) is 5.32 Å². The molecule has 1 amide bonds. The molecule has 0 fully saturated rings. The summed E-state index contributed by atoms with van der Waals surface area (Å²) in [6.45, 7) is 0.0669. The molecule has 4 nitrogen and oxygen atoms in total. The third kappa shape index (κ3) is 3.43. The van der Waals surface area contributed by atoms with Crippen LogP contribution in [-0.2, 0) is 6.54 Å². The molecule has 0 unspecified atom stereocenters. The zero-order valence-corrected chi connectivity index (χ0v) is 10.6. The Labute approximate surface area is 116 Å². The quantitative estimate of drug-likeness (QED) is 0.708. The summed E-state index contributed by atoms with van der Waals surface area (Å²) in [5.41, 5.74) is 0.898. The van der Waals surface area contributed by atoms with Gasteiger partial charge in [0.1, 0.15) is 5.82 Å². The average molecular weight is 273 g/mol. The van der Waals surface area contributed by atoms with Crippen molar-refractivity contribution in [1.82, 2.24) is 5.32 Å². The summed E-state index contributed by atoms with van der Waals surface area (Å²) < 4.78 is 13.4. The second-order valence-corrected chi connectivity index (χ2v) is 4.27. The number of rotatable bonds is 4. The van der Waals surface area contributed by atoms with E-state index < -0.39 is 13.0 Å². The Hall–Kier alpha value is -2.18. The maximum atomic E-state index is 13.4. The molecule has 2 aromatic carbocycles. The first-order valence-corrected chi connectivity index (χ1v) is 6.05. The third-order valence-corrected chi connectivity index (χ3v) is 2.84. The fourth-order valence-electron chi connectivity index (χ4n) is 1.76. The standard InChI is InChI=1S/C14H13BFNO3/c16-13-7-2-1-4-11(13)9-17-14(18)10-5-3-6-12(8-10)15(19)20/h1-8,19-20H,9H2,(H,17,18). The van der Waals surface area contributed by atoms with Crippen LogP contribution in [-0.4, -0.2) is 23.1 Å². The van der Waals surface area contributed by atoms with Gasteiger partial charge in [0.25, 0.3) is 5.91 Å². The first-order chi connectivity index (χ1) is 9.58. The van der Waals surface area contributed by atoms with E-state index >= 15 is 0 Å². The van der Waals surface area contributed by atoms with Gasteiger partial charge < -0.3 is 15.4 Å². The molecule has 0 aliphatic heterocycles. The second kappa shape index (κ2) is 6.32. The van der Waals surface area contributed by atoms with Gasteiger partial charge in [-0.3, -0.25) is 4.79 Å². The maximum Gasteiger partial charge on any atom is 0.488 e. The van der Waals surface area contributed by atoms with Crippen LogP contribution in [0.5, 0.6) is 0 Å². The van der Waals surface area contributed by atoms with Crippen molar-refractivity contribution in [2.24, 2.45) is 0 Å². The Balaban J connectivity index is 2.05. The molecule has 0 heterocycles. The lowest BCUT2D eigenvalue weighted by atomic mass is 9.79. The molecule has 0 saturated carbocycles. The number of carbonyl (C=O) groups is 1. The van der Waals surface area contributed by atoms with Crippen LogP contribution in [0.15, 0.2) is 48.5 Å². The van der Waals surface area contributed by atoms with Crippen LogP contribution in [0.2, 0.25) is 0 Å². The first-order valence-electron chi connectivity index (χ1n) is 6.05. The zero-order chi connectivity index (χ0) is 14.5. The zero-order valence-electron chi connectivity index (χ0n) is 10.6. The Morgan fingerprint density at radius 3 is 2.60 bits per heavy atom. The monoisotopic (exact) mass is 273 g/mol.